The van der Waals surface area contributed by atoms with Gasteiger partial charge in [0, 0.05) is 29.9 Å². The molecular weight excluding hydrogens is 270 g/mol. The Hall–Kier alpha value is -1.62. The van der Waals surface area contributed by atoms with Crippen molar-refractivity contribution in [3.63, 3.8) is 0 Å². The Kier molecular flexibility index (Phi) is 3.87. The van der Waals surface area contributed by atoms with Crippen LogP contribution < -0.4 is 0 Å². The highest BCUT2D eigenvalue weighted by Gasteiger charge is 2.25. The molecule has 0 spiro atoms. The molecule has 0 aliphatic carbocycles. The standard InChI is InChI=1S/C15H19N3OS/c1-11-4-5-14(20-11)15(19)18-8-2-3-12(10-18)9-13-6-7-16-17-13/h4-7,12H,2-3,8-10H2,1H3,(H,16,17). The maximum Gasteiger partial charge on any atom is 0.263 e. The summed E-state index contributed by atoms with van der Waals surface area (Å²) in [4.78, 5) is 16.5. The second kappa shape index (κ2) is 5.79. The van der Waals surface area contributed by atoms with Crippen molar-refractivity contribution >= 4 is 17.2 Å². The molecule has 4 nitrogen and oxygen atoms in total. The van der Waals surface area contributed by atoms with Crippen LogP contribution in [0.4, 0.5) is 0 Å². The number of aryl methyl sites for hydroxylation is 1. The van der Waals surface area contributed by atoms with E-state index in [2.05, 4.69) is 10.2 Å². The third kappa shape index (κ3) is 2.93. The van der Waals surface area contributed by atoms with Gasteiger partial charge in [-0.05, 0) is 50.3 Å². The number of hydrogen-bond donors (Lipinski definition) is 1. The summed E-state index contributed by atoms with van der Waals surface area (Å²) in [5.74, 6) is 0.728. The molecule has 2 aromatic rings. The Morgan fingerprint density at radius 3 is 3.10 bits per heavy atom. The molecule has 0 radical (unpaired) electrons. The summed E-state index contributed by atoms with van der Waals surface area (Å²) in [5, 5.41) is 7.00. The average Bonchev–Trinajstić information content (AvgIpc) is 3.10. The predicted molar refractivity (Wildman–Crippen MR) is 80.0 cm³/mol. The van der Waals surface area contributed by atoms with Crippen LogP contribution in [0.1, 0.15) is 33.1 Å². The monoisotopic (exact) mass is 289 g/mol. The minimum atomic E-state index is 0.192. The molecule has 1 aliphatic heterocycles. The van der Waals surface area contributed by atoms with E-state index in [9.17, 15) is 4.79 Å². The molecule has 1 aliphatic rings. The van der Waals surface area contributed by atoms with Gasteiger partial charge < -0.3 is 4.90 Å². The number of nitrogens with zero attached hydrogens (tertiary/aromatic N) is 2. The number of H-pyrrole nitrogens is 1. The zero-order valence-electron chi connectivity index (χ0n) is 11.6. The Balaban J connectivity index is 1.64. The largest absolute Gasteiger partial charge is 0.338 e. The van der Waals surface area contributed by atoms with E-state index in [1.165, 1.54) is 11.3 Å². The SMILES string of the molecule is Cc1ccc(C(=O)N2CCCC(Cc3ccn[nH]3)C2)s1. The Morgan fingerprint density at radius 2 is 2.40 bits per heavy atom. The van der Waals surface area contributed by atoms with Crippen molar-refractivity contribution < 1.29 is 4.79 Å². The van der Waals surface area contributed by atoms with Crippen LogP contribution in [-0.2, 0) is 6.42 Å². The molecule has 106 valence electrons. The van der Waals surface area contributed by atoms with Crippen molar-refractivity contribution in [2.45, 2.75) is 26.2 Å². The molecular formula is C15H19N3OS. The smallest absolute Gasteiger partial charge is 0.263 e. The van der Waals surface area contributed by atoms with Crippen LogP contribution in [0.3, 0.4) is 0 Å². The third-order valence-electron chi connectivity index (χ3n) is 3.82. The van der Waals surface area contributed by atoms with E-state index in [1.807, 2.05) is 30.0 Å². The lowest BCUT2D eigenvalue weighted by Crippen LogP contribution is -2.40. The van der Waals surface area contributed by atoms with Crippen molar-refractivity contribution in [2.24, 2.45) is 5.92 Å². The van der Waals surface area contributed by atoms with Gasteiger partial charge in [-0.15, -0.1) is 11.3 Å². The lowest BCUT2D eigenvalue weighted by Gasteiger charge is -2.32. The number of aromatic amines is 1. The van der Waals surface area contributed by atoms with Gasteiger partial charge in [-0.25, -0.2) is 0 Å². The van der Waals surface area contributed by atoms with Gasteiger partial charge in [0.25, 0.3) is 5.91 Å². The van der Waals surface area contributed by atoms with E-state index in [1.54, 1.807) is 17.5 Å². The van der Waals surface area contributed by atoms with Crippen molar-refractivity contribution in [3.05, 3.63) is 39.8 Å². The minimum absolute atomic E-state index is 0.192. The fourth-order valence-corrected chi connectivity index (χ4v) is 3.67. The van der Waals surface area contributed by atoms with Gasteiger partial charge in [0.15, 0.2) is 0 Å². The van der Waals surface area contributed by atoms with Gasteiger partial charge in [-0.3, -0.25) is 9.89 Å². The van der Waals surface area contributed by atoms with Crippen LogP contribution in [0.15, 0.2) is 24.4 Å². The molecule has 0 bridgehead atoms. The van der Waals surface area contributed by atoms with Gasteiger partial charge in [0.05, 0.1) is 4.88 Å². The lowest BCUT2D eigenvalue weighted by molar-refractivity contribution is 0.0677. The normalized spacial score (nSPS) is 19.2. The summed E-state index contributed by atoms with van der Waals surface area (Å²) in [6.07, 6.45) is 5.05. The lowest BCUT2D eigenvalue weighted by atomic mass is 9.93. The maximum atomic E-state index is 12.5. The number of carbonyl (C=O) groups is 1. The summed E-state index contributed by atoms with van der Waals surface area (Å²) in [7, 11) is 0. The number of carbonyl (C=O) groups excluding carboxylic acids is 1. The molecule has 1 unspecified atom stereocenters. The average molecular weight is 289 g/mol. The van der Waals surface area contributed by atoms with E-state index in [-0.39, 0.29) is 5.91 Å². The van der Waals surface area contributed by atoms with Gasteiger partial charge >= 0.3 is 0 Å². The summed E-state index contributed by atoms with van der Waals surface area (Å²) in [6.45, 7) is 3.78. The summed E-state index contributed by atoms with van der Waals surface area (Å²) in [5.41, 5.74) is 1.16. The maximum absolute atomic E-state index is 12.5. The molecule has 3 heterocycles. The quantitative estimate of drug-likeness (QED) is 0.944. The van der Waals surface area contributed by atoms with Crippen LogP contribution >= 0.6 is 11.3 Å². The molecule has 0 aromatic carbocycles. The van der Waals surface area contributed by atoms with Crippen molar-refractivity contribution in [2.75, 3.05) is 13.1 Å². The first-order valence-electron chi connectivity index (χ1n) is 7.06. The highest BCUT2D eigenvalue weighted by Crippen LogP contribution is 2.24. The third-order valence-corrected chi connectivity index (χ3v) is 4.81. The van der Waals surface area contributed by atoms with Gasteiger partial charge in [-0.2, -0.15) is 5.10 Å². The Labute approximate surface area is 122 Å². The molecule has 0 saturated carbocycles. The Morgan fingerprint density at radius 1 is 1.50 bits per heavy atom. The second-order valence-electron chi connectivity index (χ2n) is 5.46. The number of hydrogen-bond acceptors (Lipinski definition) is 3. The van der Waals surface area contributed by atoms with Crippen LogP contribution in [0.2, 0.25) is 0 Å². The van der Waals surface area contributed by atoms with Gasteiger partial charge in [0.1, 0.15) is 0 Å². The van der Waals surface area contributed by atoms with Gasteiger partial charge in [0.2, 0.25) is 0 Å². The van der Waals surface area contributed by atoms with Crippen molar-refractivity contribution in [3.8, 4) is 0 Å². The number of nitrogens with one attached hydrogen (secondary N) is 1. The van der Waals surface area contributed by atoms with Crippen molar-refractivity contribution in [1.82, 2.24) is 15.1 Å². The van der Waals surface area contributed by atoms with Crippen LogP contribution in [-0.4, -0.2) is 34.1 Å². The van der Waals surface area contributed by atoms with Crippen LogP contribution in [0.5, 0.6) is 0 Å². The molecule has 20 heavy (non-hydrogen) atoms. The molecule has 1 N–H and O–H groups in total. The fourth-order valence-electron chi connectivity index (χ4n) is 2.83. The molecule has 1 fully saturated rings. The second-order valence-corrected chi connectivity index (χ2v) is 6.74. The summed E-state index contributed by atoms with van der Waals surface area (Å²) >= 11 is 1.59. The molecule has 1 amide bonds. The zero-order valence-corrected chi connectivity index (χ0v) is 12.4. The topological polar surface area (TPSA) is 49.0 Å². The molecule has 2 aromatic heterocycles. The van der Waals surface area contributed by atoms with E-state index in [4.69, 9.17) is 0 Å². The number of aromatic nitrogens is 2. The number of amides is 1. The number of likely N-dealkylation sites (tertiary alicyclic amines) is 1. The first kappa shape index (κ1) is 13.4. The molecule has 1 atom stereocenters. The van der Waals surface area contributed by atoms with Crippen molar-refractivity contribution in [1.29, 1.82) is 0 Å². The summed E-state index contributed by atoms with van der Waals surface area (Å²) < 4.78 is 0. The van der Waals surface area contributed by atoms with Crippen LogP contribution in [0, 0.1) is 12.8 Å². The first-order chi connectivity index (χ1) is 9.72. The number of piperidine rings is 1. The highest BCUT2D eigenvalue weighted by molar-refractivity contribution is 7.13. The minimum Gasteiger partial charge on any atom is -0.338 e. The highest BCUT2D eigenvalue weighted by atomic mass is 32.1. The zero-order chi connectivity index (χ0) is 13.9. The molecule has 3 rings (SSSR count). The molecule has 5 heteroatoms. The van der Waals surface area contributed by atoms with Gasteiger partial charge in [-0.1, -0.05) is 0 Å². The number of thiophene rings is 1. The predicted octanol–water partition coefficient (Wildman–Crippen LogP) is 2.87. The first-order valence-corrected chi connectivity index (χ1v) is 7.88. The fraction of sp³-hybridized carbons (Fsp3) is 0.467. The molecule has 1 saturated heterocycles. The van der Waals surface area contributed by atoms with Crippen LogP contribution in [0.25, 0.3) is 0 Å². The van der Waals surface area contributed by atoms with E-state index in [0.29, 0.717) is 5.92 Å². The Bertz CT molecular complexity index is 576. The van der Waals surface area contributed by atoms with E-state index < -0.39 is 0 Å². The summed E-state index contributed by atoms with van der Waals surface area (Å²) in [6, 6.07) is 5.98. The number of rotatable bonds is 3. The van der Waals surface area contributed by atoms with E-state index >= 15 is 0 Å². The van der Waals surface area contributed by atoms with E-state index in [0.717, 1.165) is 36.5 Å².